The van der Waals surface area contributed by atoms with Gasteiger partial charge in [-0.3, -0.25) is 0 Å². The average Bonchev–Trinajstić information content (AvgIpc) is 2.63. The zero-order chi connectivity index (χ0) is 21.0. The maximum absolute atomic E-state index is 6.40. The molecule has 2 heterocycles. The lowest BCUT2D eigenvalue weighted by atomic mass is 10.1. The number of nitrogens with two attached hydrogens (primary N) is 1. The van der Waals surface area contributed by atoms with Crippen molar-refractivity contribution < 1.29 is 0 Å². The molecule has 29 heavy (non-hydrogen) atoms. The van der Waals surface area contributed by atoms with Gasteiger partial charge in [0.2, 0.25) is 5.96 Å². The van der Waals surface area contributed by atoms with Crippen LogP contribution in [0.1, 0.15) is 19.0 Å². The summed E-state index contributed by atoms with van der Waals surface area (Å²) in [5.74, 6) is 1.11. The lowest BCUT2D eigenvalue weighted by Crippen LogP contribution is -2.46. The minimum absolute atomic E-state index is 0.118. The molecule has 7 nitrogen and oxygen atoms in total. The topological polar surface area (TPSA) is 91.5 Å². The first kappa shape index (κ1) is 21.9. The number of aromatic nitrogens is 2. The number of likely N-dealkylation sites (tertiary alicyclic amines) is 1. The minimum atomic E-state index is 0.118. The van der Waals surface area contributed by atoms with Crippen LogP contribution in [0.3, 0.4) is 0 Å². The van der Waals surface area contributed by atoms with E-state index in [4.69, 9.17) is 40.5 Å². The molecule has 0 radical (unpaired) electrons. The standard InChI is InChI=1S/C19H24Cl3N7/c1-3-29-9-12(20)7-14(10-29)25-17-6-11(2)24-19(27-17)28-18(23)26-13-4-5-15(21)16(22)8-13/h4-6,8,12,14H,3,7,9-10H2,1-2H3,(H4,23,24,25,26,27,28). The predicted molar refractivity (Wildman–Crippen MR) is 122 cm³/mol. The number of alkyl halides is 1. The van der Waals surface area contributed by atoms with E-state index in [9.17, 15) is 0 Å². The van der Waals surface area contributed by atoms with Crippen molar-refractivity contribution in [2.45, 2.75) is 31.7 Å². The molecule has 2 unspecified atom stereocenters. The summed E-state index contributed by atoms with van der Waals surface area (Å²) in [5, 5.41) is 7.42. The molecule has 1 saturated heterocycles. The minimum Gasteiger partial charge on any atom is -0.369 e. The fourth-order valence-corrected chi connectivity index (χ4v) is 3.94. The Hall–Kier alpha value is -1.80. The number of benzene rings is 1. The highest BCUT2D eigenvalue weighted by Crippen LogP contribution is 2.25. The van der Waals surface area contributed by atoms with Crippen molar-refractivity contribution in [3.8, 4) is 0 Å². The molecule has 0 spiro atoms. The van der Waals surface area contributed by atoms with Crippen molar-refractivity contribution in [2.24, 2.45) is 10.7 Å². The number of anilines is 2. The number of guanidine groups is 1. The third-order valence-electron chi connectivity index (χ3n) is 4.53. The number of hydrogen-bond donors (Lipinski definition) is 3. The van der Waals surface area contributed by atoms with Gasteiger partial charge in [0.25, 0.3) is 5.95 Å². The largest absolute Gasteiger partial charge is 0.369 e. The highest BCUT2D eigenvalue weighted by atomic mass is 35.5. The van der Waals surface area contributed by atoms with E-state index in [2.05, 4.69) is 37.4 Å². The SMILES string of the molecule is CCN1CC(Cl)CC(Nc2cc(C)nc(/N=C(\N)Nc3ccc(Cl)c(Cl)c3)n2)C1. The van der Waals surface area contributed by atoms with Crippen LogP contribution in [-0.2, 0) is 0 Å². The Kier molecular flexibility index (Phi) is 7.40. The van der Waals surface area contributed by atoms with Gasteiger partial charge in [0.05, 0.1) is 10.0 Å². The maximum atomic E-state index is 6.40. The first-order valence-electron chi connectivity index (χ1n) is 9.37. The number of nitrogens with one attached hydrogen (secondary N) is 2. The molecule has 0 aliphatic carbocycles. The zero-order valence-electron chi connectivity index (χ0n) is 16.3. The van der Waals surface area contributed by atoms with Crippen LogP contribution in [0.4, 0.5) is 17.5 Å². The van der Waals surface area contributed by atoms with Gasteiger partial charge < -0.3 is 21.3 Å². The van der Waals surface area contributed by atoms with Gasteiger partial charge >= 0.3 is 0 Å². The quantitative estimate of drug-likeness (QED) is 0.354. The van der Waals surface area contributed by atoms with E-state index in [-0.39, 0.29) is 23.3 Å². The van der Waals surface area contributed by atoms with Crippen LogP contribution in [0.15, 0.2) is 29.3 Å². The fraction of sp³-hybridized carbons (Fsp3) is 0.421. The molecule has 0 saturated carbocycles. The molecule has 2 atom stereocenters. The molecule has 1 aromatic carbocycles. The maximum Gasteiger partial charge on any atom is 0.254 e. The van der Waals surface area contributed by atoms with E-state index in [0.717, 1.165) is 31.7 Å². The number of halogens is 3. The Morgan fingerprint density at radius 1 is 1.24 bits per heavy atom. The lowest BCUT2D eigenvalue weighted by Gasteiger charge is -2.35. The molecular weight excluding hydrogens is 433 g/mol. The Balaban J connectivity index is 1.72. The number of likely N-dealkylation sites (N-methyl/N-ethyl adjacent to an activating group) is 1. The van der Waals surface area contributed by atoms with E-state index in [1.165, 1.54) is 0 Å². The summed E-state index contributed by atoms with van der Waals surface area (Å²) in [7, 11) is 0. The number of rotatable bonds is 5. The fourth-order valence-electron chi connectivity index (χ4n) is 3.23. The van der Waals surface area contributed by atoms with E-state index < -0.39 is 0 Å². The molecule has 0 bridgehead atoms. The second-order valence-electron chi connectivity index (χ2n) is 6.97. The van der Waals surface area contributed by atoms with E-state index in [1.807, 2.05) is 13.0 Å². The predicted octanol–water partition coefficient (Wildman–Crippen LogP) is 4.26. The summed E-state index contributed by atoms with van der Waals surface area (Å²) in [4.78, 5) is 15.4. The van der Waals surface area contributed by atoms with Crippen molar-refractivity contribution in [1.82, 2.24) is 14.9 Å². The number of piperidine rings is 1. The summed E-state index contributed by atoms with van der Waals surface area (Å²) < 4.78 is 0. The van der Waals surface area contributed by atoms with Gasteiger partial charge in [-0.1, -0.05) is 30.1 Å². The van der Waals surface area contributed by atoms with Gasteiger partial charge in [-0.25, -0.2) is 4.98 Å². The summed E-state index contributed by atoms with van der Waals surface area (Å²) in [6, 6.07) is 7.20. The van der Waals surface area contributed by atoms with Crippen LogP contribution < -0.4 is 16.4 Å². The summed E-state index contributed by atoms with van der Waals surface area (Å²) in [5.41, 5.74) is 7.46. The monoisotopic (exact) mass is 455 g/mol. The number of nitrogens with zero attached hydrogens (tertiary/aromatic N) is 4. The molecule has 2 aromatic rings. The van der Waals surface area contributed by atoms with Crippen molar-refractivity contribution in [3.05, 3.63) is 40.0 Å². The molecule has 0 amide bonds. The lowest BCUT2D eigenvalue weighted by molar-refractivity contribution is 0.230. The molecular formula is C19H24Cl3N7. The van der Waals surface area contributed by atoms with E-state index in [1.54, 1.807) is 18.2 Å². The van der Waals surface area contributed by atoms with Crippen molar-refractivity contribution in [2.75, 3.05) is 30.3 Å². The first-order chi connectivity index (χ1) is 13.8. The molecule has 1 aliphatic rings. The van der Waals surface area contributed by atoms with Crippen molar-refractivity contribution >= 4 is 58.2 Å². The van der Waals surface area contributed by atoms with Crippen LogP contribution in [0, 0.1) is 6.92 Å². The highest BCUT2D eigenvalue weighted by molar-refractivity contribution is 6.42. The Morgan fingerprint density at radius 3 is 2.76 bits per heavy atom. The van der Waals surface area contributed by atoms with Gasteiger partial charge in [0, 0.05) is 42.0 Å². The highest BCUT2D eigenvalue weighted by Gasteiger charge is 2.25. The van der Waals surface area contributed by atoms with Gasteiger partial charge in [-0.05, 0) is 38.1 Å². The molecule has 1 aromatic heterocycles. The Bertz CT molecular complexity index is 890. The van der Waals surface area contributed by atoms with Crippen molar-refractivity contribution in [3.63, 3.8) is 0 Å². The van der Waals surface area contributed by atoms with Gasteiger partial charge in [-0.2, -0.15) is 9.98 Å². The molecule has 4 N–H and O–H groups in total. The molecule has 1 fully saturated rings. The second kappa shape index (κ2) is 9.80. The van der Waals surface area contributed by atoms with Gasteiger partial charge in [0.15, 0.2) is 0 Å². The Morgan fingerprint density at radius 2 is 2.03 bits per heavy atom. The molecule has 10 heteroatoms. The zero-order valence-corrected chi connectivity index (χ0v) is 18.6. The first-order valence-corrected chi connectivity index (χ1v) is 10.6. The molecule has 3 rings (SSSR count). The van der Waals surface area contributed by atoms with Crippen LogP contribution >= 0.6 is 34.8 Å². The van der Waals surface area contributed by atoms with Crippen LogP contribution in [-0.4, -0.2) is 51.9 Å². The third kappa shape index (κ3) is 6.34. The molecule has 156 valence electrons. The van der Waals surface area contributed by atoms with Crippen molar-refractivity contribution in [1.29, 1.82) is 0 Å². The number of hydrogen-bond acceptors (Lipinski definition) is 5. The summed E-state index contributed by atoms with van der Waals surface area (Å²) in [6.45, 7) is 6.82. The summed E-state index contributed by atoms with van der Waals surface area (Å²) in [6.07, 6.45) is 0.876. The Labute approximate surface area is 185 Å². The summed E-state index contributed by atoms with van der Waals surface area (Å²) >= 11 is 18.4. The van der Waals surface area contributed by atoms with Crippen LogP contribution in [0.25, 0.3) is 0 Å². The number of aliphatic imine (C=N–C) groups is 1. The van der Waals surface area contributed by atoms with E-state index >= 15 is 0 Å². The second-order valence-corrected chi connectivity index (χ2v) is 8.40. The normalized spacial score (nSPS) is 20.5. The third-order valence-corrected chi connectivity index (χ3v) is 5.58. The average molecular weight is 457 g/mol. The number of aryl methyl sites for hydroxylation is 1. The van der Waals surface area contributed by atoms with E-state index in [0.29, 0.717) is 21.6 Å². The smallest absolute Gasteiger partial charge is 0.254 e. The van der Waals surface area contributed by atoms with Crippen LogP contribution in [0.2, 0.25) is 10.0 Å². The van der Waals surface area contributed by atoms with Gasteiger partial charge in [-0.15, -0.1) is 11.6 Å². The van der Waals surface area contributed by atoms with Crippen LogP contribution in [0.5, 0.6) is 0 Å². The molecule has 1 aliphatic heterocycles. The van der Waals surface area contributed by atoms with Gasteiger partial charge in [0.1, 0.15) is 5.82 Å².